The number of hydrogen-bond acceptors (Lipinski definition) is 4. The number of methoxy groups -OCH3 is 2. The van der Waals surface area contributed by atoms with Crippen molar-refractivity contribution in [1.29, 1.82) is 0 Å². The molecular weight excluding hydrogens is 384 g/mol. The highest BCUT2D eigenvalue weighted by Gasteiger charge is 2.09. The predicted octanol–water partition coefficient (Wildman–Crippen LogP) is 3.58. The molecule has 5 nitrogen and oxygen atoms in total. The Morgan fingerprint density at radius 2 is 1.76 bits per heavy atom. The first-order valence-corrected chi connectivity index (χ1v) is 8.76. The van der Waals surface area contributed by atoms with Crippen molar-refractivity contribution in [3.63, 3.8) is 0 Å². The number of likely N-dealkylation sites (N-methyl/N-ethyl adjacent to an activating group) is 1. The van der Waals surface area contributed by atoms with Gasteiger partial charge in [-0.15, -0.1) is 0 Å². The Balaban J connectivity index is 1.82. The molecule has 0 saturated carbocycles. The lowest BCUT2D eigenvalue weighted by molar-refractivity contribution is -0.117. The fourth-order valence-corrected chi connectivity index (χ4v) is 2.68. The molecule has 0 saturated heterocycles. The highest BCUT2D eigenvalue weighted by Crippen LogP contribution is 2.27. The predicted molar refractivity (Wildman–Crippen MR) is 104 cm³/mol. The van der Waals surface area contributed by atoms with Crippen molar-refractivity contribution in [1.82, 2.24) is 4.90 Å². The number of halogens is 1. The first-order chi connectivity index (χ1) is 12.0. The van der Waals surface area contributed by atoms with Crippen LogP contribution in [0.15, 0.2) is 46.9 Å². The lowest BCUT2D eigenvalue weighted by Crippen LogP contribution is -2.31. The average molecular weight is 407 g/mol. The number of amides is 1. The number of nitrogens with one attached hydrogen (secondary N) is 1. The van der Waals surface area contributed by atoms with Crippen LogP contribution in [-0.4, -0.2) is 45.2 Å². The molecule has 0 spiro atoms. The number of rotatable bonds is 8. The van der Waals surface area contributed by atoms with Gasteiger partial charge in [-0.25, -0.2) is 0 Å². The molecule has 0 radical (unpaired) electrons. The largest absolute Gasteiger partial charge is 0.493 e. The van der Waals surface area contributed by atoms with Gasteiger partial charge < -0.3 is 14.8 Å². The number of ether oxygens (including phenoxy) is 2. The molecular formula is C19H23BrN2O3. The molecule has 0 aliphatic rings. The van der Waals surface area contributed by atoms with E-state index in [2.05, 4.69) is 21.2 Å². The van der Waals surface area contributed by atoms with Crippen molar-refractivity contribution in [3.8, 4) is 11.5 Å². The van der Waals surface area contributed by atoms with E-state index in [1.165, 1.54) is 0 Å². The molecule has 6 heteroatoms. The zero-order valence-corrected chi connectivity index (χ0v) is 16.3. The van der Waals surface area contributed by atoms with Gasteiger partial charge in [0.15, 0.2) is 11.5 Å². The minimum atomic E-state index is -0.0304. The molecule has 2 aromatic rings. The Morgan fingerprint density at radius 1 is 1.08 bits per heavy atom. The van der Waals surface area contributed by atoms with Crippen molar-refractivity contribution < 1.29 is 14.3 Å². The first kappa shape index (κ1) is 19.3. The van der Waals surface area contributed by atoms with Crippen LogP contribution in [0, 0.1) is 0 Å². The van der Waals surface area contributed by atoms with E-state index < -0.39 is 0 Å². The first-order valence-electron chi connectivity index (χ1n) is 7.96. The lowest BCUT2D eigenvalue weighted by Gasteiger charge is -2.17. The van der Waals surface area contributed by atoms with Gasteiger partial charge in [0.2, 0.25) is 5.91 Å². The Morgan fingerprint density at radius 3 is 2.40 bits per heavy atom. The zero-order chi connectivity index (χ0) is 18.2. The maximum absolute atomic E-state index is 12.1. The van der Waals surface area contributed by atoms with Gasteiger partial charge in [0.25, 0.3) is 0 Å². The number of anilines is 1. The summed E-state index contributed by atoms with van der Waals surface area (Å²) < 4.78 is 11.5. The van der Waals surface area contributed by atoms with Gasteiger partial charge in [-0.2, -0.15) is 0 Å². The molecule has 0 atom stereocenters. The van der Waals surface area contributed by atoms with E-state index in [1.54, 1.807) is 14.2 Å². The Hall–Kier alpha value is -2.05. The van der Waals surface area contributed by atoms with E-state index in [-0.39, 0.29) is 5.91 Å². The third kappa shape index (κ3) is 6.07. The molecule has 0 heterocycles. The smallest absolute Gasteiger partial charge is 0.238 e. The number of benzene rings is 2. The van der Waals surface area contributed by atoms with Crippen LogP contribution >= 0.6 is 15.9 Å². The minimum absolute atomic E-state index is 0.0304. The zero-order valence-electron chi connectivity index (χ0n) is 14.7. The molecule has 1 N–H and O–H groups in total. The van der Waals surface area contributed by atoms with Gasteiger partial charge in [-0.3, -0.25) is 9.69 Å². The Bertz CT molecular complexity index is 704. The summed E-state index contributed by atoms with van der Waals surface area (Å²) >= 11 is 3.38. The summed E-state index contributed by atoms with van der Waals surface area (Å²) in [6.07, 6.45) is 0.822. The van der Waals surface area contributed by atoms with Crippen molar-refractivity contribution in [2.24, 2.45) is 0 Å². The van der Waals surface area contributed by atoms with E-state index in [4.69, 9.17) is 9.47 Å². The van der Waals surface area contributed by atoms with Gasteiger partial charge in [0, 0.05) is 16.7 Å². The number of nitrogens with zero attached hydrogens (tertiary/aromatic N) is 1. The van der Waals surface area contributed by atoms with Crippen LogP contribution in [0.4, 0.5) is 5.69 Å². The fourth-order valence-electron chi connectivity index (χ4n) is 2.41. The van der Waals surface area contributed by atoms with Gasteiger partial charge >= 0.3 is 0 Å². The van der Waals surface area contributed by atoms with Crippen molar-refractivity contribution in [2.75, 3.05) is 39.7 Å². The summed E-state index contributed by atoms with van der Waals surface area (Å²) in [7, 11) is 5.18. The maximum Gasteiger partial charge on any atom is 0.238 e. The molecule has 0 aliphatic heterocycles. The Kier molecular flexibility index (Phi) is 7.28. The molecule has 0 aromatic heterocycles. The van der Waals surface area contributed by atoms with E-state index in [0.29, 0.717) is 12.3 Å². The van der Waals surface area contributed by atoms with Crippen LogP contribution in [0.25, 0.3) is 0 Å². The van der Waals surface area contributed by atoms with Crippen LogP contribution in [0.1, 0.15) is 5.56 Å². The molecule has 0 unspecified atom stereocenters. The average Bonchev–Trinajstić information content (AvgIpc) is 2.61. The molecule has 0 aliphatic carbocycles. The summed E-state index contributed by atoms with van der Waals surface area (Å²) in [5.74, 6) is 1.40. The standard InChI is InChI=1S/C19H23BrN2O3/c1-22(13-19(23)21-16-7-5-15(20)6-8-16)11-10-14-4-9-17(24-2)18(12-14)25-3/h4-9,12H,10-11,13H2,1-3H3,(H,21,23). The van der Waals surface area contributed by atoms with Crippen molar-refractivity contribution in [2.45, 2.75) is 6.42 Å². The van der Waals surface area contributed by atoms with E-state index >= 15 is 0 Å². The van der Waals surface area contributed by atoms with Crippen molar-refractivity contribution in [3.05, 3.63) is 52.5 Å². The topological polar surface area (TPSA) is 50.8 Å². The second-order valence-electron chi connectivity index (χ2n) is 5.73. The van der Waals surface area contributed by atoms with Gasteiger partial charge in [-0.1, -0.05) is 22.0 Å². The quantitative estimate of drug-likeness (QED) is 0.727. The van der Waals surface area contributed by atoms with Crippen LogP contribution in [0.3, 0.4) is 0 Å². The monoisotopic (exact) mass is 406 g/mol. The van der Waals surface area contributed by atoms with E-state index in [0.717, 1.165) is 34.4 Å². The SMILES string of the molecule is COc1ccc(CCN(C)CC(=O)Nc2ccc(Br)cc2)cc1OC. The van der Waals surface area contributed by atoms with E-state index in [1.807, 2.05) is 54.4 Å². The lowest BCUT2D eigenvalue weighted by atomic mass is 10.1. The summed E-state index contributed by atoms with van der Waals surface area (Å²) in [6.45, 7) is 1.10. The third-order valence-corrected chi connectivity index (χ3v) is 4.30. The van der Waals surface area contributed by atoms with Crippen LogP contribution in [0.5, 0.6) is 11.5 Å². The number of carbonyl (C=O) groups is 1. The normalized spacial score (nSPS) is 10.6. The number of hydrogen-bond donors (Lipinski definition) is 1. The van der Waals surface area contributed by atoms with Crippen LogP contribution in [0.2, 0.25) is 0 Å². The highest BCUT2D eigenvalue weighted by atomic mass is 79.9. The molecule has 0 bridgehead atoms. The molecule has 134 valence electrons. The fraction of sp³-hybridized carbons (Fsp3) is 0.316. The summed E-state index contributed by atoms with van der Waals surface area (Å²) in [5.41, 5.74) is 1.93. The Labute approximate surface area is 157 Å². The minimum Gasteiger partial charge on any atom is -0.493 e. The molecule has 0 fully saturated rings. The second kappa shape index (κ2) is 9.44. The molecule has 2 aromatic carbocycles. The summed E-state index contributed by atoms with van der Waals surface area (Å²) in [4.78, 5) is 14.1. The number of carbonyl (C=O) groups excluding carboxylic acids is 1. The van der Waals surface area contributed by atoms with Gasteiger partial charge in [0.05, 0.1) is 20.8 Å². The highest BCUT2D eigenvalue weighted by molar-refractivity contribution is 9.10. The van der Waals surface area contributed by atoms with Crippen molar-refractivity contribution >= 4 is 27.5 Å². The molecule has 25 heavy (non-hydrogen) atoms. The third-order valence-electron chi connectivity index (χ3n) is 3.77. The maximum atomic E-state index is 12.1. The van der Waals surface area contributed by atoms with Crippen LogP contribution in [-0.2, 0) is 11.2 Å². The summed E-state index contributed by atoms with van der Waals surface area (Å²) in [6, 6.07) is 13.4. The molecule has 1 amide bonds. The summed E-state index contributed by atoms with van der Waals surface area (Å²) in [5, 5.41) is 2.89. The van der Waals surface area contributed by atoms with Crippen LogP contribution < -0.4 is 14.8 Å². The molecule has 2 rings (SSSR count). The second-order valence-corrected chi connectivity index (χ2v) is 6.65. The van der Waals surface area contributed by atoms with E-state index in [9.17, 15) is 4.79 Å². The van der Waals surface area contributed by atoms with Gasteiger partial charge in [0.1, 0.15) is 0 Å². The van der Waals surface area contributed by atoms with Gasteiger partial charge in [-0.05, 0) is 55.4 Å².